The fraction of sp³-hybridized carbons (Fsp3) is 0.222. The summed E-state index contributed by atoms with van der Waals surface area (Å²) in [5, 5.41) is 15.6. The first-order valence-electron chi connectivity index (χ1n) is 7.34. The van der Waals surface area contributed by atoms with Crippen molar-refractivity contribution in [1.82, 2.24) is 5.43 Å². The summed E-state index contributed by atoms with van der Waals surface area (Å²) < 4.78 is 0. The summed E-state index contributed by atoms with van der Waals surface area (Å²) in [6.07, 6.45) is 4.54. The summed E-state index contributed by atoms with van der Waals surface area (Å²) in [5.74, 6) is -0.501. The molecule has 4 heteroatoms. The number of phenolic OH excluding ortho intramolecular Hbond substituents is 1. The zero-order valence-electron chi connectivity index (χ0n) is 12.7. The zero-order valence-corrected chi connectivity index (χ0v) is 12.7. The number of carbonyl (C=O) groups is 1. The maximum atomic E-state index is 12.1. The lowest BCUT2D eigenvalue weighted by molar-refractivity contribution is 0.0952. The Balaban J connectivity index is 2.08. The van der Waals surface area contributed by atoms with Crippen molar-refractivity contribution in [3.63, 3.8) is 0 Å². The van der Waals surface area contributed by atoms with E-state index in [9.17, 15) is 9.90 Å². The summed E-state index contributed by atoms with van der Waals surface area (Å²) in [6.45, 7) is 5.98. The van der Waals surface area contributed by atoms with Gasteiger partial charge in [-0.05, 0) is 41.3 Å². The number of hydrazone groups is 1. The number of allylic oxidation sites excluding steroid dienone is 1. The van der Waals surface area contributed by atoms with E-state index in [1.165, 1.54) is 0 Å². The normalized spacial score (nSPS) is 11.0. The second-order valence-corrected chi connectivity index (χ2v) is 5.18. The molecule has 4 nitrogen and oxygen atoms in total. The van der Waals surface area contributed by atoms with E-state index in [0.717, 1.165) is 35.6 Å². The van der Waals surface area contributed by atoms with E-state index in [4.69, 9.17) is 0 Å². The van der Waals surface area contributed by atoms with Crippen LogP contribution in [0.1, 0.15) is 36.5 Å². The van der Waals surface area contributed by atoms with Crippen molar-refractivity contribution in [2.45, 2.75) is 26.2 Å². The van der Waals surface area contributed by atoms with Crippen molar-refractivity contribution in [2.75, 3.05) is 0 Å². The second kappa shape index (κ2) is 7.41. The quantitative estimate of drug-likeness (QED) is 0.625. The minimum atomic E-state index is -0.442. The fourth-order valence-electron chi connectivity index (χ4n) is 2.12. The lowest BCUT2D eigenvalue weighted by Gasteiger charge is -2.05. The summed E-state index contributed by atoms with van der Waals surface area (Å²) in [5.41, 5.74) is 3.49. The van der Waals surface area contributed by atoms with Crippen LogP contribution in [0.25, 0.3) is 10.8 Å². The Bertz CT molecular complexity index is 720. The van der Waals surface area contributed by atoms with E-state index in [0.29, 0.717) is 0 Å². The molecule has 0 bridgehead atoms. The van der Waals surface area contributed by atoms with Crippen LogP contribution >= 0.6 is 0 Å². The monoisotopic (exact) mass is 296 g/mol. The largest absolute Gasteiger partial charge is 0.507 e. The molecule has 0 spiro atoms. The second-order valence-electron chi connectivity index (χ2n) is 5.18. The molecule has 0 radical (unpaired) electrons. The molecule has 0 aliphatic rings. The third-order valence-electron chi connectivity index (χ3n) is 3.37. The molecule has 2 N–H and O–H groups in total. The van der Waals surface area contributed by atoms with Crippen LogP contribution in [0.2, 0.25) is 0 Å². The Morgan fingerprint density at radius 3 is 2.68 bits per heavy atom. The predicted molar refractivity (Wildman–Crippen MR) is 90.2 cm³/mol. The minimum absolute atomic E-state index is 0.0591. The molecule has 0 aliphatic carbocycles. The van der Waals surface area contributed by atoms with Crippen molar-refractivity contribution >= 4 is 22.9 Å². The number of rotatable bonds is 6. The van der Waals surface area contributed by atoms with Crippen molar-refractivity contribution in [3.05, 3.63) is 54.1 Å². The van der Waals surface area contributed by atoms with Gasteiger partial charge in [-0.1, -0.05) is 44.2 Å². The summed E-state index contributed by atoms with van der Waals surface area (Å²) in [6, 6.07) is 10.8. The highest BCUT2D eigenvalue weighted by Gasteiger charge is 2.11. The van der Waals surface area contributed by atoms with Crippen LogP contribution in [0, 0.1) is 0 Å². The highest BCUT2D eigenvalue weighted by molar-refractivity contribution is 6.01. The molecular weight excluding hydrogens is 276 g/mol. The van der Waals surface area contributed by atoms with E-state index in [1.807, 2.05) is 24.3 Å². The number of nitrogens with one attached hydrogen (secondary N) is 1. The number of benzene rings is 2. The maximum Gasteiger partial charge on any atom is 0.275 e. The van der Waals surface area contributed by atoms with E-state index >= 15 is 0 Å². The summed E-state index contributed by atoms with van der Waals surface area (Å²) in [7, 11) is 0. The first-order valence-corrected chi connectivity index (χ1v) is 7.34. The number of amides is 1. The molecule has 0 atom stereocenters. The van der Waals surface area contributed by atoms with Gasteiger partial charge in [0.2, 0.25) is 0 Å². The van der Waals surface area contributed by atoms with Crippen LogP contribution in [0.15, 0.2) is 53.7 Å². The molecule has 2 aromatic rings. The van der Waals surface area contributed by atoms with Gasteiger partial charge in [0.15, 0.2) is 0 Å². The number of hydrogen-bond acceptors (Lipinski definition) is 3. The van der Waals surface area contributed by atoms with Gasteiger partial charge in [-0.2, -0.15) is 5.10 Å². The third kappa shape index (κ3) is 3.95. The lowest BCUT2D eigenvalue weighted by atomic mass is 10.1. The smallest absolute Gasteiger partial charge is 0.275 e. The molecule has 0 aromatic heterocycles. The fourth-order valence-corrected chi connectivity index (χ4v) is 2.12. The van der Waals surface area contributed by atoms with Gasteiger partial charge < -0.3 is 5.11 Å². The van der Waals surface area contributed by atoms with Crippen LogP contribution < -0.4 is 5.43 Å². The Hall–Kier alpha value is -2.62. The molecule has 0 fully saturated rings. The standard InChI is InChI=1S/C18H20N2O2/c1-3-4-7-13(2)12-19-20-18(22)16-10-14-8-5-6-9-15(14)11-17(16)21/h5-6,8-12,21H,2-4,7H2,1H3,(H,20,22)/b19-12-. The molecule has 114 valence electrons. The zero-order chi connectivity index (χ0) is 15.9. The summed E-state index contributed by atoms with van der Waals surface area (Å²) in [4.78, 5) is 12.1. The minimum Gasteiger partial charge on any atom is -0.507 e. The third-order valence-corrected chi connectivity index (χ3v) is 3.37. The van der Waals surface area contributed by atoms with Crippen LogP contribution in [0.5, 0.6) is 5.75 Å². The average Bonchev–Trinajstić information content (AvgIpc) is 2.52. The summed E-state index contributed by atoms with van der Waals surface area (Å²) >= 11 is 0. The molecule has 0 unspecified atom stereocenters. The molecule has 0 saturated carbocycles. The topological polar surface area (TPSA) is 61.7 Å². The molecule has 0 saturated heterocycles. The highest BCUT2D eigenvalue weighted by atomic mass is 16.3. The predicted octanol–water partition coefficient (Wildman–Crippen LogP) is 4.01. The Kier molecular flexibility index (Phi) is 5.31. The molecule has 0 aliphatic heterocycles. The van der Waals surface area contributed by atoms with Gasteiger partial charge >= 0.3 is 0 Å². The van der Waals surface area contributed by atoms with E-state index in [-0.39, 0.29) is 11.3 Å². The first-order chi connectivity index (χ1) is 10.6. The van der Waals surface area contributed by atoms with E-state index in [1.54, 1.807) is 18.3 Å². The van der Waals surface area contributed by atoms with Crippen LogP contribution in [-0.4, -0.2) is 17.2 Å². The molecule has 2 rings (SSSR count). The Morgan fingerprint density at radius 2 is 2.00 bits per heavy atom. The van der Waals surface area contributed by atoms with Crippen LogP contribution in [0.4, 0.5) is 0 Å². The first kappa shape index (κ1) is 15.8. The molecule has 1 amide bonds. The number of unbranched alkanes of at least 4 members (excludes halogenated alkanes) is 1. The number of carbonyl (C=O) groups excluding carboxylic acids is 1. The van der Waals surface area contributed by atoms with Gasteiger partial charge in [0.25, 0.3) is 5.91 Å². The number of fused-ring (bicyclic) bond motifs is 1. The molecule has 0 heterocycles. The van der Waals surface area contributed by atoms with Gasteiger partial charge in [-0.15, -0.1) is 0 Å². The van der Waals surface area contributed by atoms with Gasteiger partial charge in [-0.3, -0.25) is 4.79 Å². The lowest BCUT2D eigenvalue weighted by Crippen LogP contribution is -2.17. The Labute approximate surface area is 130 Å². The van der Waals surface area contributed by atoms with Crippen molar-refractivity contribution < 1.29 is 9.90 Å². The van der Waals surface area contributed by atoms with Gasteiger partial charge in [0.1, 0.15) is 5.75 Å². The van der Waals surface area contributed by atoms with Crippen molar-refractivity contribution in [1.29, 1.82) is 0 Å². The number of aromatic hydroxyl groups is 1. The molecule has 22 heavy (non-hydrogen) atoms. The van der Waals surface area contributed by atoms with Gasteiger partial charge in [-0.25, -0.2) is 5.43 Å². The van der Waals surface area contributed by atoms with E-state index in [2.05, 4.69) is 24.0 Å². The number of nitrogens with zero attached hydrogens (tertiary/aromatic N) is 1. The van der Waals surface area contributed by atoms with Gasteiger partial charge in [0, 0.05) is 6.21 Å². The van der Waals surface area contributed by atoms with Crippen molar-refractivity contribution in [3.8, 4) is 5.75 Å². The molecular formula is C18H20N2O2. The average molecular weight is 296 g/mol. The Morgan fingerprint density at radius 1 is 1.32 bits per heavy atom. The number of hydrogen-bond donors (Lipinski definition) is 2. The van der Waals surface area contributed by atoms with Crippen molar-refractivity contribution in [2.24, 2.45) is 5.10 Å². The van der Waals surface area contributed by atoms with Crippen LogP contribution in [-0.2, 0) is 0 Å². The van der Waals surface area contributed by atoms with E-state index < -0.39 is 5.91 Å². The SMILES string of the molecule is C=C(/C=N\NC(=O)c1cc2ccccc2cc1O)CCCC. The van der Waals surface area contributed by atoms with Gasteiger partial charge in [0.05, 0.1) is 5.56 Å². The molecule has 2 aromatic carbocycles. The highest BCUT2D eigenvalue weighted by Crippen LogP contribution is 2.24. The maximum absolute atomic E-state index is 12.1. The number of phenols is 1. The van der Waals surface area contributed by atoms with Crippen LogP contribution in [0.3, 0.4) is 0 Å².